The molecular formula is C10H19NO3S. The van der Waals surface area contributed by atoms with Gasteiger partial charge in [0.15, 0.2) is 0 Å². The molecule has 2 atom stereocenters. The topological polar surface area (TPSA) is 49.8 Å². The van der Waals surface area contributed by atoms with E-state index in [2.05, 4.69) is 12.6 Å². The number of aliphatic hydroxyl groups excluding tert-OH is 1. The van der Waals surface area contributed by atoms with Crippen molar-refractivity contribution in [3.8, 4) is 0 Å². The first kappa shape index (κ1) is 12.8. The molecular weight excluding hydrogens is 214 g/mol. The van der Waals surface area contributed by atoms with Crippen LogP contribution in [0.1, 0.15) is 19.8 Å². The van der Waals surface area contributed by atoms with Crippen molar-refractivity contribution in [1.29, 1.82) is 0 Å². The molecule has 0 aromatic rings. The summed E-state index contributed by atoms with van der Waals surface area (Å²) in [6, 6.07) is 0.0196. The summed E-state index contributed by atoms with van der Waals surface area (Å²) >= 11 is 3.96. The average Bonchev–Trinajstić information content (AvgIpc) is 2.59. The van der Waals surface area contributed by atoms with Gasteiger partial charge in [-0.2, -0.15) is 12.6 Å². The van der Waals surface area contributed by atoms with Crippen LogP contribution in [0.2, 0.25) is 0 Å². The molecule has 15 heavy (non-hydrogen) atoms. The van der Waals surface area contributed by atoms with Crippen molar-refractivity contribution in [3.63, 3.8) is 0 Å². The molecule has 0 unspecified atom stereocenters. The third-order valence-electron chi connectivity index (χ3n) is 2.51. The van der Waals surface area contributed by atoms with Crippen molar-refractivity contribution in [3.05, 3.63) is 0 Å². The van der Waals surface area contributed by atoms with E-state index in [-0.39, 0.29) is 17.7 Å². The van der Waals surface area contributed by atoms with Gasteiger partial charge in [-0.25, -0.2) is 0 Å². The molecule has 0 aromatic carbocycles. The molecule has 0 aromatic heterocycles. The number of ether oxygens (including phenoxy) is 1. The van der Waals surface area contributed by atoms with Crippen LogP contribution in [0, 0.1) is 0 Å². The van der Waals surface area contributed by atoms with Crippen molar-refractivity contribution in [1.82, 2.24) is 4.90 Å². The normalized spacial score (nSPS) is 25.9. The van der Waals surface area contributed by atoms with Crippen LogP contribution in [0.3, 0.4) is 0 Å². The lowest BCUT2D eigenvalue weighted by Gasteiger charge is -2.23. The van der Waals surface area contributed by atoms with Gasteiger partial charge >= 0.3 is 0 Å². The van der Waals surface area contributed by atoms with Crippen molar-refractivity contribution in [2.45, 2.75) is 31.9 Å². The van der Waals surface area contributed by atoms with E-state index in [0.717, 1.165) is 6.42 Å². The van der Waals surface area contributed by atoms with Crippen LogP contribution < -0.4 is 0 Å². The fourth-order valence-electron chi connectivity index (χ4n) is 1.81. The number of β-amino-alcohol motifs (C(OH)–C–C–N with tert-alkyl or cyclic N) is 1. The first-order chi connectivity index (χ1) is 7.19. The Balaban J connectivity index is 2.42. The molecule has 5 heteroatoms. The van der Waals surface area contributed by atoms with E-state index >= 15 is 0 Å². The standard InChI is InChI=1S/C10H19NO3S/c1-2-3-14-6-8-4-9(12)5-11(8)10(13)7-15/h8-9,12,15H,2-7H2,1H3/t8-,9+/m0/s1. The molecule has 4 nitrogen and oxygen atoms in total. The van der Waals surface area contributed by atoms with Crippen molar-refractivity contribution >= 4 is 18.5 Å². The second-order valence-electron chi connectivity index (χ2n) is 3.82. The fourth-order valence-corrected chi connectivity index (χ4v) is 1.99. The summed E-state index contributed by atoms with van der Waals surface area (Å²) in [4.78, 5) is 13.2. The first-order valence-corrected chi connectivity index (χ1v) is 5.98. The maximum atomic E-state index is 11.5. The molecule has 1 rings (SSSR count). The van der Waals surface area contributed by atoms with Crippen molar-refractivity contribution in [2.75, 3.05) is 25.5 Å². The van der Waals surface area contributed by atoms with E-state index in [4.69, 9.17) is 4.74 Å². The van der Waals surface area contributed by atoms with Gasteiger partial charge in [0.25, 0.3) is 0 Å². The largest absolute Gasteiger partial charge is 0.391 e. The Kier molecular flexibility index (Phi) is 5.42. The molecule has 1 saturated heterocycles. The Labute approximate surface area is 96.0 Å². The summed E-state index contributed by atoms with van der Waals surface area (Å²) in [5.41, 5.74) is 0. The Bertz CT molecular complexity index is 213. The third-order valence-corrected chi connectivity index (χ3v) is 2.78. The van der Waals surface area contributed by atoms with Crippen LogP contribution in [0.15, 0.2) is 0 Å². The Hall–Kier alpha value is -0.260. The SMILES string of the molecule is CCCOC[C@@H]1C[C@@H](O)CN1C(=O)CS. The van der Waals surface area contributed by atoms with Crippen LogP contribution in [0.5, 0.6) is 0 Å². The maximum absolute atomic E-state index is 11.5. The summed E-state index contributed by atoms with van der Waals surface area (Å²) in [5.74, 6) is 0.164. The number of hydrogen-bond acceptors (Lipinski definition) is 4. The van der Waals surface area contributed by atoms with Crippen LogP contribution >= 0.6 is 12.6 Å². The zero-order valence-corrected chi connectivity index (χ0v) is 9.95. The van der Waals surface area contributed by atoms with Gasteiger partial charge in [-0.1, -0.05) is 6.92 Å². The zero-order chi connectivity index (χ0) is 11.3. The highest BCUT2D eigenvalue weighted by Crippen LogP contribution is 2.18. The van der Waals surface area contributed by atoms with Gasteiger partial charge in [0.1, 0.15) is 0 Å². The highest BCUT2D eigenvalue weighted by atomic mass is 32.1. The second-order valence-corrected chi connectivity index (χ2v) is 4.14. The number of aliphatic hydroxyl groups is 1. The fraction of sp³-hybridized carbons (Fsp3) is 0.900. The molecule has 1 heterocycles. The van der Waals surface area contributed by atoms with Gasteiger partial charge in [0.2, 0.25) is 5.91 Å². The number of carbonyl (C=O) groups is 1. The van der Waals surface area contributed by atoms with E-state index in [1.165, 1.54) is 0 Å². The van der Waals surface area contributed by atoms with Crippen LogP contribution in [0.4, 0.5) is 0 Å². The van der Waals surface area contributed by atoms with E-state index in [1.54, 1.807) is 4.90 Å². The lowest BCUT2D eigenvalue weighted by Crippen LogP contribution is -2.39. The molecule has 0 bridgehead atoms. The van der Waals surface area contributed by atoms with E-state index in [9.17, 15) is 9.90 Å². The third kappa shape index (κ3) is 3.66. The van der Waals surface area contributed by atoms with Gasteiger partial charge in [0, 0.05) is 13.2 Å². The summed E-state index contributed by atoms with van der Waals surface area (Å²) in [7, 11) is 0. The molecule has 0 saturated carbocycles. The van der Waals surface area contributed by atoms with Crippen LogP contribution in [-0.2, 0) is 9.53 Å². The smallest absolute Gasteiger partial charge is 0.232 e. The molecule has 1 aliphatic rings. The van der Waals surface area contributed by atoms with Gasteiger partial charge in [0.05, 0.1) is 24.5 Å². The Morgan fingerprint density at radius 2 is 2.40 bits per heavy atom. The summed E-state index contributed by atoms with van der Waals surface area (Å²) in [5, 5.41) is 9.50. The van der Waals surface area contributed by atoms with Gasteiger partial charge in [-0.3, -0.25) is 4.79 Å². The summed E-state index contributed by atoms with van der Waals surface area (Å²) < 4.78 is 5.41. The van der Waals surface area contributed by atoms with E-state index < -0.39 is 6.10 Å². The number of thiol groups is 1. The van der Waals surface area contributed by atoms with E-state index in [1.807, 2.05) is 6.92 Å². The highest BCUT2D eigenvalue weighted by molar-refractivity contribution is 7.81. The molecule has 88 valence electrons. The van der Waals surface area contributed by atoms with Gasteiger partial charge in [-0.15, -0.1) is 0 Å². The van der Waals surface area contributed by atoms with E-state index in [0.29, 0.717) is 26.2 Å². The average molecular weight is 233 g/mol. The molecule has 0 spiro atoms. The first-order valence-electron chi connectivity index (χ1n) is 5.35. The lowest BCUT2D eigenvalue weighted by atomic mass is 10.2. The van der Waals surface area contributed by atoms with Gasteiger partial charge < -0.3 is 14.7 Å². The number of likely N-dealkylation sites (tertiary alicyclic amines) is 1. The molecule has 0 aliphatic carbocycles. The molecule has 1 aliphatic heterocycles. The quantitative estimate of drug-likeness (QED) is 0.530. The lowest BCUT2D eigenvalue weighted by molar-refractivity contribution is -0.130. The monoisotopic (exact) mass is 233 g/mol. The molecule has 1 fully saturated rings. The number of nitrogens with zero attached hydrogens (tertiary/aromatic N) is 1. The van der Waals surface area contributed by atoms with Crippen LogP contribution in [0.25, 0.3) is 0 Å². The number of hydrogen-bond donors (Lipinski definition) is 2. The predicted molar refractivity (Wildman–Crippen MR) is 61.1 cm³/mol. The molecule has 1 amide bonds. The summed E-state index contributed by atoms with van der Waals surface area (Å²) in [6.45, 7) is 3.68. The van der Waals surface area contributed by atoms with Gasteiger partial charge in [-0.05, 0) is 12.8 Å². The Morgan fingerprint density at radius 1 is 1.67 bits per heavy atom. The number of carbonyl (C=O) groups excluding carboxylic acids is 1. The zero-order valence-electron chi connectivity index (χ0n) is 9.06. The highest BCUT2D eigenvalue weighted by Gasteiger charge is 2.33. The number of rotatable bonds is 5. The minimum Gasteiger partial charge on any atom is -0.391 e. The predicted octanol–water partition coefficient (Wildman–Crippen LogP) is 0.305. The van der Waals surface area contributed by atoms with Crippen LogP contribution in [-0.4, -0.2) is 53.6 Å². The van der Waals surface area contributed by atoms with Crippen molar-refractivity contribution < 1.29 is 14.6 Å². The van der Waals surface area contributed by atoms with Crippen molar-refractivity contribution in [2.24, 2.45) is 0 Å². The Morgan fingerprint density at radius 3 is 3.00 bits per heavy atom. The molecule has 1 N–H and O–H groups in total. The minimum atomic E-state index is -0.413. The second kappa shape index (κ2) is 6.35. The summed E-state index contributed by atoms with van der Waals surface area (Å²) in [6.07, 6.45) is 1.17. The minimum absolute atomic E-state index is 0.0196. The number of amides is 1. The maximum Gasteiger partial charge on any atom is 0.232 e. The molecule has 0 radical (unpaired) electrons.